The lowest BCUT2D eigenvalue weighted by atomic mass is 10.0. The van der Waals surface area contributed by atoms with Crippen LogP contribution in [0.25, 0.3) is 0 Å². The smallest absolute Gasteiger partial charge is 0.326 e. The molecule has 0 atom stereocenters. The van der Waals surface area contributed by atoms with Crippen molar-refractivity contribution in [2.75, 3.05) is 0 Å². The first-order valence-electron chi connectivity index (χ1n) is 4.82. The number of hydrogen-bond acceptors (Lipinski definition) is 1. The van der Waals surface area contributed by atoms with Crippen LogP contribution in [-0.2, 0) is 12.7 Å². The summed E-state index contributed by atoms with van der Waals surface area (Å²) in [7, 11) is 0. The third kappa shape index (κ3) is 3.55. The maximum atomic E-state index is 12.3. The van der Waals surface area contributed by atoms with E-state index >= 15 is 0 Å². The molecule has 0 fully saturated rings. The summed E-state index contributed by atoms with van der Waals surface area (Å²) in [6.07, 6.45) is -4.28. The first-order valence-corrected chi connectivity index (χ1v) is 4.82. The number of hydrogen-bond donors (Lipinski definition) is 1. The first-order chi connectivity index (χ1) is 6.96. The van der Waals surface area contributed by atoms with E-state index in [1.165, 1.54) is 13.0 Å². The molecule has 15 heavy (non-hydrogen) atoms. The quantitative estimate of drug-likeness (QED) is 0.768. The minimum atomic E-state index is -4.28. The van der Waals surface area contributed by atoms with Gasteiger partial charge in [-0.2, -0.15) is 13.2 Å². The van der Waals surface area contributed by atoms with Crippen molar-refractivity contribution in [3.63, 3.8) is 0 Å². The van der Waals surface area contributed by atoms with Crippen molar-refractivity contribution in [1.29, 1.82) is 0 Å². The molecule has 0 radical (unpaired) electrons. The zero-order valence-electron chi connectivity index (χ0n) is 9.15. The Morgan fingerprint density at radius 1 is 1.20 bits per heavy atom. The highest BCUT2D eigenvalue weighted by molar-refractivity contribution is 5.35. The first kappa shape index (κ1) is 14.0. The molecule has 1 nitrogen and oxygen atoms in total. The second-order valence-corrected chi connectivity index (χ2v) is 2.79. The third-order valence-electron chi connectivity index (χ3n) is 1.97. The maximum Gasteiger partial charge on any atom is 0.416 e. The Kier molecular flexibility index (Phi) is 5.36. The molecule has 0 saturated heterocycles. The van der Waals surface area contributed by atoms with E-state index < -0.39 is 11.7 Å². The summed E-state index contributed by atoms with van der Waals surface area (Å²) in [6, 6.07) is 4.04. The predicted molar refractivity (Wildman–Crippen MR) is 55.4 cm³/mol. The van der Waals surface area contributed by atoms with Crippen molar-refractivity contribution in [2.45, 2.75) is 33.5 Å². The molecule has 0 amide bonds. The lowest BCUT2D eigenvalue weighted by Gasteiger charge is -2.12. The summed E-state index contributed by atoms with van der Waals surface area (Å²) in [6.45, 7) is 5.57. The van der Waals surface area contributed by atoms with E-state index in [2.05, 4.69) is 0 Å². The van der Waals surface area contributed by atoms with Gasteiger partial charge in [-0.05, 0) is 24.1 Å². The van der Waals surface area contributed by atoms with E-state index in [-0.39, 0.29) is 12.1 Å². The summed E-state index contributed by atoms with van der Waals surface area (Å²) >= 11 is 0. The molecule has 0 spiro atoms. The molecule has 0 heterocycles. The van der Waals surface area contributed by atoms with Crippen LogP contribution in [0.1, 0.15) is 30.5 Å². The molecule has 2 N–H and O–H groups in total. The van der Waals surface area contributed by atoms with Crippen LogP contribution in [-0.4, -0.2) is 0 Å². The van der Waals surface area contributed by atoms with Crippen LogP contribution >= 0.6 is 0 Å². The normalized spacial score (nSPS) is 10.6. The molecule has 0 bridgehead atoms. The fraction of sp³-hybridized carbons (Fsp3) is 0.455. The van der Waals surface area contributed by atoms with Crippen LogP contribution in [0.3, 0.4) is 0 Å². The van der Waals surface area contributed by atoms with Crippen LogP contribution in [0.4, 0.5) is 13.2 Å². The molecule has 1 aromatic rings. The zero-order valence-corrected chi connectivity index (χ0v) is 9.15. The molecule has 0 unspecified atom stereocenters. The number of alkyl halides is 3. The molecule has 0 aliphatic heterocycles. The number of nitrogens with two attached hydrogens (primary N) is 1. The van der Waals surface area contributed by atoms with Crippen molar-refractivity contribution in [3.8, 4) is 0 Å². The lowest BCUT2D eigenvalue weighted by molar-refractivity contribution is -0.138. The molecule has 86 valence electrons. The van der Waals surface area contributed by atoms with E-state index in [1.807, 2.05) is 13.8 Å². The Morgan fingerprint density at radius 2 is 1.73 bits per heavy atom. The SMILES string of the molecule is CC.Cc1c(CN)cccc1C(F)(F)F. The van der Waals surface area contributed by atoms with Gasteiger partial charge in [-0.25, -0.2) is 0 Å². The van der Waals surface area contributed by atoms with Gasteiger partial charge >= 0.3 is 6.18 Å². The predicted octanol–water partition coefficient (Wildman–Crippen LogP) is 3.50. The van der Waals surface area contributed by atoms with Crippen LogP contribution in [0.15, 0.2) is 18.2 Å². The van der Waals surface area contributed by atoms with Gasteiger partial charge in [-0.15, -0.1) is 0 Å². The average molecular weight is 219 g/mol. The molecule has 1 aromatic carbocycles. The van der Waals surface area contributed by atoms with Crippen molar-refractivity contribution >= 4 is 0 Å². The van der Waals surface area contributed by atoms with Crippen LogP contribution in [0.5, 0.6) is 0 Å². The standard InChI is InChI=1S/C9H10F3N.C2H6/c1-6-7(5-13)3-2-4-8(6)9(10,11)12;1-2/h2-4H,5,13H2,1H3;1-2H3. The summed E-state index contributed by atoms with van der Waals surface area (Å²) in [5.74, 6) is 0. The second-order valence-electron chi connectivity index (χ2n) is 2.79. The van der Waals surface area contributed by atoms with E-state index in [0.717, 1.165) is 6.07 Å². The molecular formula is C11H16F3N. The van der Waals surface area contributed by atoms with Crippen LogP contribution in [0.2, 0.25) is 0 Å². The highest BCUT2D eigenvalue weighted by Crippen LogP contribution is 2.32. The minimum Gasteiger partial charge on any atom is -0.326 e. The van der Waals surface area contributed by atoms with Gasteiger partial charge in [0.1, 0.15) is 0 Å². The summed E-state index contributed by atoms with van der Waals surface area (Å²) in [5, 5.41) is 0. The Balaban J connectivity index is 0.000000921. The number of benzene rings is 1. The number of rotatable bonds is 1. The Morgan fingerprint density at radius 3 is 2.13 bits per heavy atom. The summed E-state index contributed by atoms with van der Waals surface area (Å²) < 4.78 is 37.0. The van der Waals surface area contributed by atoms with Gasteiger partial charge in [0.05, 0.1) is 5.56 Å². The van der Waals surface area contributed by atoms with Crippen LogP contribution in [0, 0.1) is 6.92 Å². The van der Waals surface area contributed by atoms with Crippen molar-refractivity contribution in [2.24, 2.45) is 5.73 Å². The molecular weight excluding hydrogens is 203 g/mol. The van der Waals surface area contributed by atoms with Gasteiger partial charge in [-0.3, -0.25) is 0 Å². The van der Waals surface area contributed by atoms with Gasteiger partial charge in [0, 0.05) is 6.54 Å². The van der Waals surface area contributed by atoms with E-state index in [1.54, 1.807) is 6.07 Å². The molecule has 1 rings (SSSR count). The van der Waals surface area contributed by atoms with Gasteiger partial charge in [0.2, 0.25) is 0 Å². The third-order valence-corrected chi connectivity index (χ3v) is 1.97. The molecule has 0 aliphatic rings. The maximum absolute atomic E-state index is 12.3. The van der Waals surface area contributed by atoms with Gasteiger partial charge < -0.3 is 5.73 Å². The average Bonchev–Trinajstić information content (AvgIpc) is 2.19. The van der Waals surface area contributed by atoms with E-state index in [0.29, 0.717) is 5.56 Å². The highest BCUT2D eigenvalue weighted by atomic mass is 19.4. The minimum absolute atomic E-state index is 0.135. The highest BCUT2D eigenvalue weighted by Gasteiger charge is 2.32. The molecule has 0 aliphatic carbocycles. The second kappa shape index (κ2) is 5.75. The van der Waals surface area contributed by atoms with E-state index in [4.69, 9.17) is 5.73 Å². The van der Waals surface area contributed by atoms with Crippen LogP contribution < -0.4 is 5.73 Å². The van der Waals surface area contributed by atoms with E-state index in [9.17, 15) is 13.2 Å². The monoisotopic (exact) mass is 219 g/mol. The van der Waals surface area contributed by atoms with Crippen molar-refractivity contribution < 1.29 is 13.2 Å². The molecule has 4 heteroatoms. The van der Waals surface area contributed by atoms with Crippen molar-refractivity contribution in [1.82, 2.24) is 0 Å². The lowest BCUT2D eigenvalue weighted by Crippen LogP contribution is -2.10. The fourth-order valence-corrected chi connectivity index (χ4v) is 1.21. The fourth-order valence-electron chi connectivity index (χ4n) is 1.21. The Labute approximate surface area is 88.1 Å². The van der Waals surface area contributed by atoms with Crippen molar-refractivity contribution in [3.05, 3.63) is 34.9 Å². The van der Waals surface area contributed by atoms with Gasteiger partial charge in [-0.1, -0.05) is 26.0 Å². The largest absolute Gasteiger partial charge is 0.416 e. The number of halogens is 3. The van der Waals surface area contributed by atoms with Gasteiger partial charge in [0.25, 0.3) is 0 Å². The van der Waals surface area contributed by atoms with Gasteiger partial charge in [0.15, 0.2) is 0 Å². The molecule has 0 aromatic heterocycles. The Hall–Kier alpha value is -1.03. The summed E-state index contributed by atoms with van der Waals surface area (Å²) in [5.41, 5.74) is 5.45. The zero-order chi connectivity index (χ0) is 12.1. The summed E-state index contributed by atoms with van der Waals surface area (Å²) in [4.78, 5) is 0. The Bertz CT molecular complexity index is 305. The topological polar surface area (TPSA) is 26.0 Å². The molecule has 0 saturated carbocycles.